The van der Waals surface area contributed by atoms with Crippen molar-refractivity contribution in [2.24, 2.45) is 0 Å². The molecule has 2 aromatic heterocycles. The summed E-state index contributed by atoms with van der Waals surface area (Å²) in [4.78, 5) is 19.9. The minimum Gasteiger partial charge on any atom is -0.396 e. The van der Waals surface area contributed by atoms with Gasteiger partial charge in [-0.1, -0.05) is 6.07 Å². The van der Waals surface area contributed by atoms with Crippen LogP contribution in [0.5, 0.6) is 0 Å². The summed E-state index contributed by atoms with van der Waals surface area (Å²) < 4.78 is 15.7. The number of halogens is 1. The maximum absolute atomic E-state index is 13.9. The molecule has 0 unspecified atom stereocenters. The molecule has 0 atom stereocenters. The predicted molar refractivity (Wildman–Crippen MR) is 92.1 cm³/mol. The van der Waals surface area contributed by atoms with E-state index in [9.17, 15) is 9.18 Å². The molecule has 8 heteroatoms. The van der Waals surface area contributed by atoms with Crippen LogP contribution in [0, 0.1) is 5.82 Å². The summed E-state index contributed by atoms with van der Waals surface area (Å²) in [5, 5.41) is 5.24. The maximum atomic E-state index is 13.9. The van der Waals surface area contributed by atoms with Crippen molar-refractivity contribution in [2.45, 2.75) is 31.7 Å². The van der Waals surface area contributed by atoms with Crippen molar-refractivity contribution in [3.05, 3.63) is 30.3 Å². The Labute approximate surface area is 142 Å². The van der Waals surface area contributed by atoms with Gasteiger partial charge in [-0.25, -0.2) is 19.0 Å². The summed E-state index contributed by atoms with van der Waals surface area (Å²) in [5.41, 5.74) is 13.4. The Balaban J connectivity index is 1.90. The highest BCUT2D eigenvalue weighted by Crippen LogP contribution is 2.35. The van der Waals surface area contributed by atoms with E-state index in [0.29, 0.717) is 48.0 Å². The Morgan fingerprint density at radius 2 is 1.92 bits per heavy atom. The third-order valence-corrected chi connectivity index (χ3v) is 4.65. The van der Waals surface area contributed by atoms with Crippen LogP contribution in [0.4, 0.5) is 15.9 Å². The number of fused-ring (bicyclic) bond motifs is 1. The predicted octanol–water partition coefficient (Wildman–Crippen LogP) is 2.48. The zero-order valence-corrected chi connectivity index (χ0v) is 13.4. The molecular formula is C17H17FN6O. The zero-order chi connectivity index (χ0) is 17.6. The molecule has 1 aliphatic rings. The number of Topliss-reactive ketones (excluding diaryl/α,β-unsaturated/α-hetero) is 1. The molecule has 4 rings (SSSR count). The van der Waals surface area contributed by atoms with Gasteiger partial charge in [0.1, 0.15) is 29.4 Å². The molecule has 128 valence electrons. The first-order valence-electron chi connectivity index (χ1n) is 8.10. The molecule has 1 fully saturated rings. The van der Waals surface area contributed by atoms with Crippen LogP contribution in [-0.2, 0) is 4.79 Å². The second kappa shape index (κ2) is 5.80. The molecule has 4 N–H and O–H groups in total. The van der Waals surface area contributed by atoms with Gasteiger partial charge in [0.2, 0.25) is 0 Å². The van der Waals surface area contributed by atoms with Crippen molar-refractivity contribution < 1.29 is 9.18 Å². The molecule has 1 aromatic carbocycles. The Morgan fingerprint density at radius 3 is 2.64 bits per heavy atom. The highest BCUT2D eigenvalue weighted by Gasteiger charge is 2.26. The van der Waals surface area contributed by atoms with Gasteiger partial charge in [0.05, 0.1) is 17.1 Å². The normalized spacial score (nSPS) is 15.8. The molecule has 0 saturated heterocycles. The van der Waals surface area contributed by atoms with Crippen LogP contribution >= 0.6 is 0 Å². The van der Waals surface area contributed by atoms with Gasteiger partial charge in [0, 0.05) is 18.4 Å². The van der Waals surface area contributed by atoms with Crippen molar-refractivity contribution in [1.29, 1.82) is 0 Å². The molecule has 25 heavy (non-hydrogen) atoms. The van der Waals surface area contributed by atoms with Gasteiger partial charge in [-0.2, -0.15) is 5.10 Å². The summed E-state index contributed by atoms with van der Waals surface area (Å²) in [7, 11) is 0. The van der Waals surface area contributed by atoms with E-state index in [1.165, 1.54) is 18.5 Å². The van der Waals surface area contributed by atoms with E-state index in [0.717, 1.165) is 0 Å². The van der Waals surface area contributed by atoms with Crippen LogP contribution in [0.1, 0.15) is 31.7 Å². The van der Waals surface area contributed by atoms with Crippen LogP contribution in [-0.4, -0.2) is 25.5 Å². The number of nitrogens with zero attached hydrogens (tertiary/aromatic N) is 4. The number of nitrogens with two attached hydrogens (primary N) is 2. The van der Waals surface area contributed by atoms with Crippen LogP contribution in [0.25, 0.3) is 22.3 Å². The SMILES string of the molecule is Nc1ccc(-c2nn(C3CCC(=O)CC3)c3ncnc(N)c23)cc1F. The van der Waals surface area contributed by atoms with Gasteiger partial charge in [0.25, 0.3) is 0 Å². The number of carbonyl (C=O) groups excluding carboxylic acids is 1. The second-order valence-electron chi connectivity index (χ2n) is 6.26. The van der Waals surface area contributed by atoms with E-state index in [4.69, 9.17) is 11.5 Å². The highest BCUT2D eigenvalue weighted by molar-refractivity contribution is 5.98. The minimum atomic E-state index is -0.515. The fraction of sp³-hybridized carbons (Fsp3) is 0.294. The molecule has 3 aromatic rings. The summed E-state index contributed by atoms with van der Waals surface area (Å²) in [6, 6.07) is 4.58. The average molecular weight is 340 g/mol. The van der Waals surface area contributed by atoms with Crippen molar-refractivity contribution in [2.75, 3.05) is 11.5 Å². The number of nitrogen functional groups attached to an aromatic ring is 2. The second-order valence-corrected chi connectivity index (χ2v) is 6.26. The molecule has 0 aliphatic heterocycles. The Bertz CT molecular complexity index is 973. The number of hydrogen-bond acceptors (Lipinski definition) is 6. The van der Waals surface area contributed by atoms with Crippen molar-refractivity contribution in [3.63, 3.8) is 0 Å². The number of rotatable bonds is 2. The molecule has 1 saturated carbocycles. The van der Waals surface area contributed by atoms with Crippen molar-refractivity contribution in [1.82, 2.24) is 19.7 Å². The molecule has 0 spiro atoms. The van der Waals surface area contributed by atoms with Gasteiger partial charge >= 0.3 is 0 Å². The van der Waals surface area contributed by atoms with Crippen molar-refractivity contribution in [3.8, 4) is 11.3 Å². The Kier molecular flexibility index (Phi) is 3.60. The number of carbonyl (C=O) groups is 1. The number of benzene rings is 1. The van der Waals surface area contributed by atoms with Crippen LogP contribution in [0.15, 0.2) is 24.5 Å². The van der Waals surface area contributed by atoms with Crippen molar-refractivity contribution >= 4 is 28.3 Å². The topological polar surface area (TPSA) is 113 Å². The van der Waals surface area contributed by atoms with E-state index in [2.05, 4.69) is 15.1 Å². The lowest BCUT2D eigenvalue weighted by Crippen LogP contribution is -2.19. The van der Waals surface area contributed by atoms with E-state index >= 15 is 0 Å². The van der Waals surface area contributed by atoms with Gasteiger partial charge in [-0.3, -0.25) is 4.79 Å². The van der Waals surface area contributed by atoms with E-state index < -0.39 is 5.82 Å². The fourth-order valence-corrected chi connectivity index (χ4v) is 3.30. The van der Waals surface area contributed by atoms with Gasteiger partial charge in [0.15, 0.2) is 5.65 Å². The minimum absolute atomic E-state index is 0.0573. The molecule has 0 radical (unpaired) electrons. The standard InChI is InChI=1S/C17H17FN6O/c18-12-7-9(1-6-13(12)19)15-14-16(20)21-8-22-17(14)24(23-15)10-2-4-11(25)5-3-10/h1,6-8,10H,2-5,19H2,(H2,20,21,22). The molecule has 2 heterocycles. The summed E-state index contributed by atoms with van der Waals surface area (Å²) >= 11 is 0. The lowest BCUT2D eigenvalue weighted by atomic mass is 9.94. The fourth-order valence-electron chi connectivity index (χ4n) is 3.30. The molecule has 0 bridgehead atoms. The third-order valence-electron chi connectivity index (χ3n) is 4.65. The largest absolute Gasteiger partial charge is 0.396 e. The van der Waals surface area contributed by atoms with Crippen LogP contribution in [0.2, 0.25) is 0 Å². The van der Waals surface area contributed by atoms with Crippen LogP contribution in [0.3, 0.4) is 0 Å². The lowest BCUT2D eigenvalue weighted by molar-refractivity contribution is -0.120. The number of aromatic nitrogens is 4. The number of anilines is 2. The number of ketones is 1. The quantitative estimate of drug-likeness (QED) is 0.693. The van der Waals surface area contributed by atoms with Crippen LogP contribution < -0.4 is 11.5 Å². The zero-order valence-electron chi connectivity index (χ0n) is 13.4. The number of hydrogen-bond donors (Lipinski definition) is 2. The lowest BCUT2D eigenvalue weighted by Gasteiger charge is -2.21. The molecule has 7 nitrogen and oxygen atoms in total. The monoisotopic (exact) mass is 340 g/mol. The Morgan fingerprint density at radius 1 is 1.16 bits per heavy atom. The molecule has 1 aliphatic carbocycles. The highest BCUT2D eigenvalue weighted by atomic mass is 19.1. The summed E-state index contributed by atoms with van der Waals surface area (Å²) in [6.07, 6.45) is 3.85. The maximum Gasteiger partial charge on any atom is 0.164 e. The van der Waals surface area contributed by atoms with Gasteiger partial charge in [-0.15, -0.1) is 0 Å². The first-order valence-corrected chi connectivity index (χ1v) is 8.10. The Hall–Kier alpha value is -3.03. The van der Waals surface area contributed by atoms with Gasteiger partial charge < -0.3 is 11.5 Å². The summed E-state index contributed by atoms with van der Waals surface area (Å²) in [5.74, 6) is 0.0388. The third kappa shape index (κ3) is 2.59. The first kappa shape index (κ1) is 15.5. The molecule has 0 amide bonds. The van der Waals surface area contributed by atoms with Gasteiger partial charge in [-0.05, 0) is 25.0 Å². The van der Waals surface area contributed by atoms with E-state index in [1.54, 1.807) is 10.7 Å². The van der Waals surface area contributed by atoms with E-state index in [-0.39, 0.29) is 23.3 Å². The van der Waals surface area contributed by atoms with E-state index in [1.807, 2.05) is 0 Å². The molecular weight excluding hydrogens is 323 g/mol. The first-order chi connectivity index (χ1) is 12.0. The smallest absolute Gasteiger partial charge is 0.164 e. The average Bonchev–Trinajstić information content (AvgIpc) is 2.99. The summed E-state index contributed by atoms with van der Waals surface area (Å²) in [6.45, 7) is 0.